The lowest BCUT2D eigenvalue weighted by molar-refractivity contribution is 0.0692. The summed E-state index contributed by atoms with van der Waals surface area (Å²) >= 11 is 0. The Morgan fingerprint density at radius 1 is 1.06 bits per heavy atom. The van der Waals surface area contributed by atoms with Gasteiger partial charge in [0.15, 0.2) is 0 Å². The lowest BCUT2D eigenvalue weighted by Crippen LogP contribution is -2.00. The first-order valence-electron chi connectivity index (χ1n) is 5.01. The van der Waals surface area contributed by atoms with Crippen LogP contribution in [0.25, 0.3) is 11.1 Å². The van der Waals surface area contributed by atoms with Crippen LogP contribution in [0.15, 0.2) is 36.4 Å². The van der Waals surface area contributed by atoms with E-state index in [0.717, 1.165) is 24.3 Å². The number of phenolic OH excluding ortho intramolecular Hbond substituents is 1. The molecule has 2 aromatic carbocycles. The maximum absolute atomic E-state index is 13.2. The Balaban J connectivity index is 2.58. The van der Waals surface area contributed by atoms with Gasteiger partial charge in [-0.3, -0.25) is 0 Å². The molecular weight excluding hydrogens is 242 g/mol. The Morgan fingerprint density at radius 3 is 2.39 bits per heavy atom. The molecule has 5 heteroatoms. The summed E-state index contributed by atoms with van der Waals surface area (Å²) in [5.41, 5.74) is 0.0291. The zero-order valence-electron chi connectivity index (χ0n) is 9.02. The highest BCUT2D eigenvalue weighted by Crippen LogP contribution is 2.30. The van der Waals surface area contributed by atoms with Crippen molar-refractivity contribution in [3.63, 3.8) is 0 Å². The molecule has 0 atom stereocenters. The van der Waals surface area contributed by atoms with Crippen LogP contribution < -0.4 is 0 Å². The molecule has 2 N–H and O–H groups in total. The normalized spacial score (nSPS) is 10.3. The molecule has 0 bridgehead atoms. The molecule has 0 saturated heterocycles. The summed E-state index contributed by atoms with van der Waals surface area (Å²) in [6.07, 6.45) is 0. The molecule has 0 saturated carbocycles. The van der Waals surface area contributed by atoms with Crippen LogP contribution in [0, 0.1) is 11.6 Å². The van der Waals surface area contributed by atoms with Crippen LogP contribution >= 0.6 is 0 Å². The van der Waals surface area contributed by atoms with Crippen LogP contribution in [0.5, 0.6) is 5.75 Å². The minimum absolute atomic E-state index is 0.235. The third kappa shape index (κ3) is 2.15. The molecular formula is C13H8F2O3. The van der Waals surface area contributed by atoms with Crippen LogP contribution in [0.4, 0.5) is 8.78 Å². The van der Waals surface area contributed by atoms with E-state index < -0.39 is 23.2 Å². The molecule has 0 fully saturated rings. The zero-order chi connectivity index (χ0) is 13.3. The highest BCUT2D eigenvalue weighted by molar-refractivity contribution is 5.90. The summed E-state index contributed by atoms with van der Waals surface area (Å²) in [6, 6.07) is 6.71. The first-order valence-corrected chi connectivity index (χ1v) is 5.01. The van der Waals surface area contributed by atoms with Crippen molar-refractivity contribution in [3.8, 4) is 16.9 Å². The number of hydrogen-bond acceptors (Lipinski definition) is 2. The average molecular weight is 250 g/mol. The van der Waals surface area contributed by atoms with Gasteiger partial charge in [-0.1, -0.05) is 6.07 Å². The molecule has 0 aliphatic rings. The van der Waals surface area contributed by atoms with Gasteiger partial charge in [0, 0.05) is 11.6 Å². The van der Waals surface area contributed by atoms with Crippen molar-refractivity contribution in [2.24, 2.45) is 0 Å². The molecule has 18 heavy (non-hydrogen) atoms. The van der Waals surface area contributed by atoms with E-state index in [-0.39, 0.29) is 11.3 Å². The summed E-state index contributed by atoms with van der Waals surface area (Å²) < 4.78 is 26.0. The van der Waals surface area contributed by atoms with Crippen molar-refractivity contribution in [1.82, 2.24) is 0 Å². The molecule has 0 amide bonds. The van der Waals surface area contributed by atoms with Crippen molar-refractivity contribution >= 4 is 5.97 Å². The van der Waals surface area contributed by atoms with E-state index in [0.29, 0.717) is 5.56 Å². The largest absolute Gasteiger partial charge is 0.507 e. The highest BCUT2D eigenvalue weighted by atomic mass is 19.1. The van der Waals surface area contributed by atoms with Crippen molar-refractivity contribution in [1.29, 1.82) is 0 Å². The fourth-order valence-electron chi connectivity index (χ4n) is 1.61. The summed E-state index contributed by atoms with van der Waals surface area (Å²) in [6.45, 7) is 0. The van der Waals surface area contributed by atoms with Crippen LogP contribution in [-0.2, 0) is 0 Å². The Morgan fingerprint density at radius 2 is 1.78 bits per heavy atom. The van der Waals surface area contributed by atoms with E-state index in [9.17, 15) is 18.7 Å². The third-order valence-electron chi connectivity index (χ3n) is 2.47. The van der Waals surface area contributed by atoms with Gasteiger partial charge in [-0.15, -0.1) is 0 Å². The number of aromatic hydroxyl groups is 1. The van der Waals surface area contributed by atoms with Gasteiger partial charge in [-0.2, -0.15) is 0 Å². The van der Waals surface area contributed by atoms with Gasteiger partial charge < -0.3 is 10.2 Å². The Kier molecular flexibility index (Phi) is 2.97. The molecule has 0 spiro atoms. The maximum atomic E-state index is 13.2. The van der Waals surface area contributed by atoms with Crippen molar-refractivity contribution in [2.75, 3.05) is 0 Å². The minimum Gasteiger partial charge on any atom is -0.507 e. The number of carboxylic acids is 1. The smallest absolute Gasteiger partial charge is 0.338 e. The molecule has 0 aliphatic heterocycles. The topological polar surface area (TPSA) is 57.5 Å². The van der Waals surface area contributed by atoms with Gasteiger partial charge in [0.25, 0.3) is 0 Å². The van der Waals surface area contributed by atoms with E-state index in [1.54, 1.807) is 0 Å². The standard InChI is InChI=1S/C13H8F2O3/c14-8-2-3-9(12(16)6-8)7-1-4-11(15)10(5-7)13(17)18/h1-6,16H,(H,17,18). The summed E-state index contributed by atoms with van der Waals surface area (Å²) in [5.74, 6) is -3.22. The number of benzene rings is 2. The van der Waals surface area contributed by atoms with Gasteiger partial charge in [0.2, 0.25) is 0 Å². The molecule has 2 aromatic rings. The Labute approximate surface area is 101 Å². The number of carbonyl (C=O) groups is 1. The average Bonchev–Trinajstić information content (AvgIpc) is 2.30. The third-order valence-corrected chi connectivity index (χ3v) is 2.47. The van der Waals surface area contributed by atoms with Gasteiger partial charge in [-0.25, -0.2) is 13.6 Å². The molecule has 0 aliphatic carbocycles. The Bertz CT molecular complexity index is 624. The fraction of sp³-hybridized carbons (Fsp3) is 0. The number of carboxylic acid groups (broad SMARTS) is 1. The lowest BCUT2D eigenvalue weighted by Gasteiger charge is -2.06. The monoisotopic (exact) mass is 250 g/mol. The first kappa shape index (κ1) is 12.0. The van der Waals surface area contributed by atoms with Gasteiger partial charge >= 0.3 is 5.97 Å². The van der Waals surface area contributed by atoms with E-state index >= 15 is 0 Å². The zero-order valence-corrected chi connectivity index (χ0v) is 9.02. The van der Waals surface area contributed by atoms with Crippen LogP contribution in [0.2, 0.25) is 0 Å². The summed E-state index contributed by atoms with van der Waals surface area (Å²) in [4.78, 5) is 10.8. The van der Waals surface area contributed by atoms with E-state index in [4.69, 9.17) is 5.11 Å². The SMILES string of the molecule is O=C(O)c1cc(-c2ccc(F)cc2O)ccc1F. The van der Waals surface area contributed by atoms with Crippen LogP contribution in [-0.4, -0.2) is 16.2 Å². The van der Waals surface area contributed by atoms with Crippen molar-refractivity contribution < 1.29 is 23.8 Å². The highest BCUT2D eigenvalue weighted by Gasteiger charge is 2.13. The van der Waals surface area contributed by atoms with Crippen LogP contribution in [0.3, 0.4) is 0 Å². The second-order valence-electron chi connectivity index (χ2n) is 3.66. The molecule has 0 unspecified atom stereocenters. The van der Waals surface area contributed by atoms with E-state index in [1.807, 2.05) is 0 Å². The quantitative estimate of drug-likeness (QED) is 0.861. The maximum Gasteiger partial charge on any atom is 0.338 e. The molecule has 3 nitrogen and oxygen atoms in total. The van der Waals surface area contributed by atoms with Crippen LogP contribution in [0.1, 0.15) is 10.4 Å². The van der Waals surface area contributed by atoms with Gasteiger partial charge in [0.1, 0.15) is 17.4 Å². The van der Waals surface area contributed by atoms with Gasteiger partial charge in [-0.05, 0) is 29.8 Å². The molecule has 92 valence electrons. The number of rotatable bonds is 2. The molecule has 0 aromatic heterocycles. The number of hydrogen-bond donors (Lipinski definition) is 2. The minimum atomic E-state index is -1.41. The fourth-order valence-corrected chi connectivity index (χ4v) is 1.61. The lowest BCUT2D eigenvalue weighted by atomic mass is 10.0. The van der Waals surface area contributed by atoms with E-state index in [1.165, 1.54) is 12.1 Å². The van der Waals surface area contributed by atoms with Crippen molar-refractivity contribution in [3.05, 3.63) is 53.6 Å². The Hall–Kier alpha value is -2.43. The van der Waals surface area contributed by atoms with Crippen molar-refractivity contribution in [2.45, 2.75) is 0 Å². The van der Waals surface area contributed by atoms with Gasteiger partial charge in [0.05, 0.1) is 5.56 Å². The first-order chi connectivity index (χ1) is 8.49. The van der Waals surface area contributed by atoms with E-state index in [2.05, 4.69) is 0 Å². The molecule has 0 heterocycles. The molecule has 2 rings (SSSR count). The second kappa shape index (κ2) is 4.44. The summed E-state index contributed by atoms with van der Waals surface area (Å²) in [5, 5.41) is 18.4. The summed E-state index contributed by atoms with van der Waals surface area (Å²) in [7, 11) is 0. The number of aromatic carboxylic acids is 1. The number of halogens is 2. The second-order valence-corrected chi connectivity index (χ2v) is 3.66. The predicted molar refractivity (Wildman–Crippen MR) is 60.4 cm³/mol. The predicted octanol–water partition coefficient (Wildman–Crippen LogP) is 3.04. The molecule has 0 radical (unpaired) electrons. The number of phenols is 1.